The average Bonchev–Trinajstić information content (AvgIpc) is 2.34. The summed E-state index contributed by atoms with van der Waals surface area (Å²) in [7, 11) is -3.13. The van der Waals surface area contributed by atoms with E-state index in [4.69, 9.17) is 0 Å². The first kappa shape index (κ1) is 14.7. The van der Waals surface area contributed by atoms with Gasteiger partial charge in [0.05, 0.1) is 5.75 Å². The van der Waals surface area contributed by atoms with Crippen LogP contribution in [0.5, 0.6) is 0 Å². The summed E-state index contributed by atoms with van der Waals surface area (Å²) < 4.78 is 25.6. The molecule has 0 aliphatic carbocycles. The van der Waals surface area contributed by atoms with Gasteiger partial charge in [-0.2, -0.15) is 0 Å². The number of hydrogen-bond donors (Lipinski definition) is 2. The molecule has 0 aromatic carbocycles. The van der Waals surface area contributed by atoms with E-state index in [0.717, 1.165) is 13.1 Å². The highest BCUT2D eigenvalue weighted by Crippen LogP contribution is 2.16. The second-order valence-electron chi connectivity index (χ2n) is 5.40. The molecule has 0 atom stereocenters. The predicted octanol–water partition coefficient (Wildman–Crippen LogP) is -0.474. The lowest BCUT2D eigenvalue weighted by Crippen LogP contribution is -2.49. The SMILES string of the molecule is CCS(=O)(=O)NC1CCN(C(=O)CC2CNC2)CC1. The summed E-state index contributed by atoms with van der Waals surface area (Å²) in [6, 6.07) is -0.0145. The number of amides is 1. The Hall–Kier alpha value is -0.660. The van der Waals surface area contributed by atoms with Crippen LogP contribution in [0.3, 0.4) is 0 Å². The van der Waals surface area contributed by atoms with E-state index in [0.29, 0.717) is 38.3 Å². The molecule has 7 heteroatoms. The highest BCUT2D eigenvalue weighted by atomic mass is 32.2. The Bertz CT molecular complexity index is 412. The number of carbonyl (C=O) groups excluding carboxylic acids is 1. The molecule has 2 rings (SSSR count). The van der Waals surface area contributed by atoms with Crippen LogP contribution in [-0.4, -0.2) is 57.2 Å². The van der Waals surface area contributed by atoms with Gasteiger partial charge in [0, 0.05) is 25.6 Å². The van der Waals surface area contributed by atoms with Crippen molar-refractivity contribution in [1.29, 1.82) is 0 Å². The number of carbonyl (C=O) groups is 1. The molecule has 0 radical (unpaired) electrons. The van der Waals surface area contributed by atoms with Gasteiger partial charge in [0.25, 0.3) is 0 Å². The lowest BCUT2D eigenvalue weighted by Gasteiger charge is -2.34. The molecule has 110 valence electrons. The fourth-order valence-corrected chi connectivity index (χ4v) is 3.36. The van der Waals surface area contributed by atoms with E-state index in [9.17, 15) is 13.2 Å². The minimum atomic E-state index is -3.13. The van der Waals surface area contributed by atoms with E-state index < -0.39 is 10.0 Å². The maximum atomic E-state index is 12.0. The second-order valence-corrected chi connectivity index (χ2v) is 7.45. The summed E-state index contributed by atoms with van der Waals surface area (Å²) in [6.45, 7) is 4.84. The summed E-state index contributed by atoms with van der Waals surface area (Å²) in [4.78, 5) is 13.9. The van der Waals surface area contributed by atoms with Gasteiger partial charge in [-0.05, 0) is 38.8 Å². The van der Waals surface area contributed by atoms with Gasteiger partial charge in [0.2, 0.25) is 15.9 Å². The van der Waals surface area contributed by atoms with Gasteiger partial charge in [-0.25, -0.2) is 13.1 Å². The van der Waals surface area contributed by atoms with Crippen LogP contribution in [0.15, 0.2) is 0 Å². The zero-order chi connectivity index (χ0) is 13.9. The van der Waals surface area contributed by atoms with E-state index in [2.05, 4.69) is 10.0 Å². The minimum absolute atomic E-state index is 0.0145. The molecular weight excluding hydrogens is 266 g/mol. The first-order valence-corrected chi connectivity index (χ1v) is 8.64. The molecule has 6 nitrogen and oxygen atoms in total. The summed E-state index contributed by atoms with van der Waals surface area (Å²) in [5.74, 6) is 0.813. The minimum Gasteiger partial charge on any atom is -0.343 e. The number of nitrogens with zero attached hydrogens (tertiary/aromatic N) is 1. The summed E-state index contributed by atoms with van der Waals surface area (Å²) in [6.07, 6.45) is 2.06. The highest BCUT2D eigenvalue weighted by molar-refractivity contribution is 7.89. The molecule has 0 spiro atoms. The number of nitrogens with one attached hydrogen (secondary N) is 2. The van der Waals surface area contributed by atoms with Crippen LogP contribution in [0.1, 0.15) is 26.2 Å². The Morgan fingerprint density at radius 3 is 2.42 bits per heavy atom. The Balaban J connectivity index is 1.74. The fraction of sp³-hybridized carbons (Fsp3) is 0.917. The van der Waals surface area contributed by atoms with Crippen molar-refractivity contribution in [2.24, 2.45) is 5.92 Å². The van der Waals surface area contributed by atoms with E-state index >= 15 is 0 Å². The van der Waals surface area contributed by atoms with E-state index in [1.165, 1.54) is 0 Å². The van der Waals surface area contributed by atoms with Gasteiger partial charge in [-0.15, -0.1) is 0 Å². The molecule has 0 aromatic rings. The van der Waals surface area contributed by atoms with Gasteiger partial charge in [0.15, 0.2) is 0 Å². The molecule has 0 aromatic heterocycles. The lowest BCUT2D eigenvalue weighted by molar-refractivity contribution is -0.133. The van der Waals surface area contributed by atoms with Gasteiger partial charge in [-0.1, -0.05) is 0 Å². The highest BCUT2D eigenvalue weighted by Gasteiger charge is 2.28. The lowest BCUT2D eigenvalue weighted by atomic mass is 9.97. The van der Waals surface area contributed by atoms with Gasteiger partial charge < -0.3 is 10.2 Å². The summed E-state index contributed by atoms with van der Waals surface area (Å²) in [5, 5.41) is 3.16. The van der Waals surface area contributed by atoms with Crippen LogP contribution in [0.25, 0.3) is 0 Å². The zero-order valence-electron chi connectivity index (χ0n) is 11.4. The average molecular weight is 289 g/mol. The molecule has 1 amide bonds. The van der Waals surface area contributed by atoms with Gasteiger partial charge >= 0.3 is 0 Å². The van der Waals surface area contributed by atoms with Crippen molar-refractivity contribution in [1.82, 2.24) is 14.9 Å². The third-order valence-electron chi connectivity index (χ3n) is 3.90. The molecule has 2 aliphatic rings. The monoisotopic (exact) mass is 289 g/mol. The topological polar surface area (TPSA) is 78.5 Å². The third-order valence-corrected chi connectivity index (χ3v) is 5.36. The zero-order valence-corrected chi connectivity index (χ0v) is 12.2. The molecule has 0 saturated carbocycles. The standard InChI is InChI=1S/C12H23N3O3S/c1-2-19(17,18)14-11-3-5-15(6-4-11)12(16)7-10-8-13-9-10/h10-11,13-14H,2-9H2,1H3. The Kier molecular flexibility index (Phi) is 4.81. The van der Waals surface area contributed by atoms with Crippen molar-refractivity contribution >= 4 is 15.9 Å². The van der Waals surface area contributed by atoms with Crippen molar-refractivity contribution in [3.05, 3.63) is 0 Å². The molecular formula is C12H23N3O3S. The van der Waals surface area contributed by atoms with Crippen LogP contribution in [0.2, 0.25) is 0 Å². The number of rotatable bonds is 5. The summed E-state index contributed by atoms with van der Waals surface area (Å²) >= 11 is 0. The van der Waals surface area contributed by atoms with Gasteiger partial charge in [0.1, 0.15) is 0 Å². The Morgan fingerprint density at radius 2 is 1.95 bits per heavy atom. The Morgan fingerprint density at radius 1 is 1.32 bits per heavy atom. The van der Waals surface area contributed by atoms with Crippen LogP contribution in [0.4, 0.5) is 0 Å². The van der Waals surface area contributed by atoms with Crippen molar-refractivity contribution in [2.45, 2.75) is 32.2 Å². The Labute approximate surface area is 115 Å². The number of likely N-dealkylation sites (tertiary alicyclic amines) is 1. The number of sulfonamides is 1. The van der Waals surface area contributed by atoms with Crippen molar-refractivity contribution in [3.63, 3.8) is 0 Å². The number of piperidine rings is 1. The van der Waals surface area contributed by atoms with Crippen molar-refractivity contribution in [3.8, 4) is 0 Å². The second kappa shape index (κ2) is 6.19. The summed E-state index contributed by atoms with van der Waals surface area (Å²) in [5.41, 5.74) is 0. The van der Waals surface area contributed by atoms with Crippen molar-refractivity contribution < 1.29 is 13.2 Å². The normalized spacial score (nSPS) is 22.3. The molecule has 0 unspecified atom stereocenters. The maximum Gasteiger partial charge on any atom is 0.222 e. The van der Waals surface area contributed by atoms with Crippen LogP contribution >= 0.6 is 0 Å². The van der Waals surface area contributed by atoms with Crippen LogP contribution in [-0.2, 0) is 14.8 Å². The van der Waals surface area contributed by atoms with E-state index in [1.807, 2.05) is 4.90 Å². The van der Waals surface area contributed by atoms with Crippen molar-refractivity contribution in [2.75, 3.05) is 31.9 Å². The molecule has 2 heterocycles. The van der Waals surface area contributed by atoms with E-state index in [1.54, 1.807) is 6.92 Å². The van der Waals surface area contributed by atoms with E-state index in [-0.39, 0.29) is 17.7 Å². The molecule has 2 aliphatic heterocycles. The smallest absolute Gasteiger partial charge is 0.222 e. The fourth-order valence-electron chi connectivity index (χ4n) is 2.45. The molecule has 2 N–H and O–H groups in total. The van der Waals surface area contributed by atoms with Gasteiger partial charge in [-0.3, -0.25) is 4.79 Å². The first-order chi connectivity index (χ1) is 9.00. The third kappa shape index (κ3) is 4.15. The molecule has 0 bridgehead atoms. The van der Waals surface area contributed by atoms with Crippen LogP contribution in [0, 0.1) is 5.92 Å². The quantitative estimate of drug-likeness (QED) is 0.717. The molecule has 19 heavy (non-hydrogen) atoms. The largest absolute Gasteiger partial charge is 0.343 e. The van der Waals surface area contributed by atoms with Crippen LogP contribution < -0.4 is 10.0 Å². The maximum absolute atomic E-state index is 12.0. The molecule has 2 fully saturated rings. The number of hydrogen-bond acceptors (Lipinski definition) is 4. The molecule has 2 saturated heterocycles. The predicted molar refractivity (Wildman–Crippen MR) is 73.2 cm³/mol. The first-order valence-electron chi connectivity index (χ1n) is 6.98.